The summed E-state index contributed by atoms with van der Waals surface area (Å²) < 4.78 is 7.69. The van der Waals surface area contributed by atoms with Gasteiger partial charge in [-0.2, -0.15) is 5.10 Å². The molecular formula is C31H39N5O3. The molecule has 2 amide bonds. The summed E-state index contributed by atoms with van der Waals surface area (Å²) in [6.07, 6.45) is 3.73. The van der Waals surface area contributed by atoms with E-state index in [0.29, 0.717) is 23.3 Å². The van der Waals surface area contributed by atoms with Gasteiger partial charge in [0.1, 0.15) is 5.75 Å². The molecule has 2 aliphatic heterocycles. The number of hydrogen-bond acceptors (Lipinski definition) is 5. The van der Waals surface area contributed by atoms with Crippen LogP contribution in [0.2, 0.25) is 0 Å². The molecule has 1 fully saturated rings. The average molecular weight is 530 g/mol. The largest absolute Gasteiger partial charge is 0.484 e. The summed E-state index contributed by atoms with van der Waals surface area (Å²) in [5.41, 5.74) is 5.08. The summed E-state index contributed by atoms with van der Waals surface area (Å²) in [4.78, 5) is 32.5. The lowest BCUT2D eigenvalue weighted by Crippen LogP contribution is -2.50. The van der Waals surface area contributed by atoms with Gasteiger partial charge in [0.2, 0.25) is 0 Å². The number of nitrogens with zero attached hydrogens (tertiary/aromatic N) is 5. The fourth-order valence-corrected chi connectivity index (χ4v) is 5.21. The molecule has 0 radical (unpaired) electrons. The zero-order valence-electron chi connectivity index (χ0n) is 23.5. The highest BCUT2D eigenvalue weighted by Crippen LogP contribution is 2.31. The molecule has 3 heterocycles. The monoisotopic (exact) mass is 529 g/mol. The Kier molecular flexibility index (Phi) is 7.75. The second-order valence-electron chi connectivity index (χ2n) is 11.8. The molecule has 8 nitrogen and oxygen atoms in total. The number of piperazine rings is 1. The third-order valence-electron chi connectivity index (χ3n) is 7.73. The van der Waals surface area contributed by atoms with Gasteiger partial charge in [0.05, 0.1) is 12.7 Å². The van der Waals surface area contributed by atoms with E-state index in [4.69, 9.17) is 4.74 Å². The van der Waals surface area contributed by atoms with Crippen LogP contribution in [0.15, 0.2) is 54.7 Å². The summed E-state index contributed by atoms with van der Waals surface area (Å²) in [5, 5.41) is 4.41. The summed E-state index contributed by atoms with van der Waals surface area (Å²) >= 11 is 0. The summed E-state index contributed by atoms with van der Waals surface area (Å²) in [6.45, 7) is 11.6. The van der Waals surface area contributed by atoms with Crippen LogP contribution >= 0.6 is 0 Å². The van der Waals surface area contributed by atoms with Gasteiger partial charge in [0, 0.05) is 62.2 Å². The number of benzene rings is 2. The highest BCUT2D eigenvalue weighted by Gasteiger charge is 2.27. The van der Waals surface area contributed by atoms with Crippen molar-refractivity contribution in [3.8, 4) is 5.75 Å². The number of ether oxygens (including phenoxy) is 1. The van der Waals surface area contributed by atoms with Crippen LogP contribution in [-0.4, -0.2) is 70.7 Å². The molecule has 0 aliphatic carbocycles. The minimum Gasteiger partial charge on any atom is -0.484 e. The maximum atomic E-state index is 13.6. The van der Waals surface area contributed by atoms with Gasteiger partial charge < -0.3 is 14.5 Å². The predicted octanol–water partition coefficient (Wildman–Crippen LogP) is 4.13. The van der Waals surface area contributed by atoms with Gasteiger partial charge in [-0.15, -0.1) is 0 Å². The van der Waals surface area contributed by atoms with Crippen molar-refractivity contribution < 1.29 is 14.3 Å². The highest BCUT2D eigenvalue weighted by molar-refractivity contribution is 6.06. The van der Waals surface area contributed by atoms with Crippen LogP contribution < -0.4 is 9.64 Å². The summed E-state index contributed by atoms with van der Waals surface area (Å²) in [5.74, 6) is 0.500. The zero-order valence-corrected chi connectivity index (χ0v) is 23.5. The molecule has 206 valence electrons. The van der Waals surface area contributed by atoms with Gasteiger partial charge in [0.15, 0.2) is 6.61 Å². The maximum absolute atomic E-state index is 13.6. The number of rotatable bonds is 6. The molecule has 2 aromatic carbocycles. The van der Waals surface area contributed by atoms with E-state index in [1.54, 1.807) is 24.3 Å². The molecule has 1 aromatic heterocycles. The fraction of sp³-hybridized carbons (Fsp3) is 0.452. The van der Waals surface area contributed by atoms with Crippen LogP contribution in [0.25, 0.3) is 0 Å². The molecule has 5 rings (SSSR count). The van der Waals surface area contributed by atoms with Crippen LogP contribution in [0.5, 0.6) is 5.75 Å². The zero-order chi connectivity index (χ0) is 27.6. The third-order valence-corrected chi connectivity index (χ3v) is 7.73. The van der Waals surface area contributed by atoms with E-state index < -0.39 is 0 Å². The topological polar surface area (TPSA) is 70.9 Å². The van der Waals surface area contributed by atoms with Gasteiger partial charge in [0.25, 0.3) is 11.8 Å². The Morgan fingerprint density at radius 1 is 0.949 bits per heavy atom. The van der Waals surface area contributed by atoms with E-state index in [1.165, 1.54) is 0 Å². The van der Waals surface area contributed by atoms with Gasteiger partial charge in [-0.25, -0.2) is 0 Å². The lowest BCUT2D eigenvalue weighted by atomic mass is 9.92. The Labute approximate surface area is 231 Å². The molecule has 0 unspecified atom stereocenters. The number of fused-ring (bicyclic) bond motifs is 2. The van der Waals surface area contributed by atoms with Gasteiger partial charge in [-0.1, -0.05) is 39.0 Å². The molecule has 0 atom stereocenters. The van der Waals surface area contributed by atoms with Crippen molar-refractivity contribution in [2.75, 3.05) is 44.2 Å². The second kappa shape index (κ2) is 11.2. The first-order chi connectivity index (χ1) is 18.7. The number of hydrogen-bond donors (Lipinski definition) is 0. The summed E-state index contributed by atoms with van der Waals surface area (Å²) in [6, 6.07) is 15.1. The Bertz CT molecular complexity index is 1320. The standard InChI is InChI=1S/C31H39N5O3/c1-31(2,3)13-14-34-15-17-35(18-16-34)29(37)22-39-26-11-9-23(10-12-26)30(38)36-21-25-20-32-33(4)28(25)19-24-7-5-6-8-27(24)36/h5-12,20H,13-19,21-22H2,1-4H3. The van der Waals surface area contributed by atoms with Crippen LogP contribution in [-0.2, 0) is 24.8 Å². The third kappa shape index (κ3) is 6.33. The number of carbonyl (C=O) groups excluding carboxylic acids is 2. The molecule has 3 aromatic rings. The number of amides is 2. The first-order valence-electron chi connectivity index (χ1n) is 13.8. The van der Waals surface area contributed by atoms with Gasteiger partial charge >= 0.3 is 0 Å². The number of carbonyl (C=O) groups is 2. The minimum atomic E-state index is -0.0777. The minimum absolute atomic E-state index is 0.000858. The predicted molar refractivity (Wildman–Crippen MR) is 152 cm³/mol. The Morgan fingerprint density at radius 2 is 1.67 bits per heavy atom. The second-order valence-corrected chi connectivity index (χ2v) is 11.8. The fourth-order valence-electron chi connectivity index (χ4n) is 5.21. The smallest absolute Gasteiger partial charge is 0.260 e. The molecule has 2 aliphatic rings. The highest BCUT2D eigenvalue weighted by atomic mass is 16.5. The van der Waals surface area contributed by atoms with Crippen LogP contribution in [0.1, 0.15) is 54.4 Å². The first kappa shape index (κ1) is 26.9. The van der Waals surface area contributed by atoms with Crippen molar-refractivity contribution in [3.63, 3.8) is 0 Å². The van der Waals surface area contributed by atoms with Crippen molar-refractivity contribution in [3.05, 3.63) is 77.1 Å². The Hall–Kier alpha value is -3.65. The van der Waals surface area contributed by atoms with E-state index in [1.807, 2.05) is 45.9 Å². The van der Waals surface area contributed by atoms with Gasteiger partial charge in [-0.05, 0) is 54.3 Å². The molecule has 0 saturated carbocycles. The van der Waals surface area contributed by atoms with E-state index in [0.717, 1.165) is 68.1 Å². The normalized spacial score (nSPS) is 15.9. The van der Waals surface area contributed by atoms with Gasteiger partial charge in [-0.3, -0.25) is 19.2 Å². The van der Waals surface area contributed by atoms with E-state index in [2.05, 4.69) is 36.8 Å². The van der Waals surface area contributed by atoms with Crippen molar-refractivity contribution in [1.82, 2.24) is 19.6 Å². The Balaban J connectivity index is 1.18. The van der Waals surface area contributed by atoms with Crippen molar-refractivity contribution in [2.24, 2.45) is 12.5 Å². The number of anilines is 1. The quantitative estimate of drug-likeness (QED) is 0.480. The van der Waals surface area contributed by atoms with Crippen molar-refractivity contribution in [2.45, 2.75) is 40.2 Å². The van der Waals surface area contributed by atoms with E-state index in [-0.39, 0.29) is 18.4 Å². The molecule has 8 heteroatoms. The number of aromatic nitrogens is 2. The van der Waals surface area contributed by atoms with E-state index in [9.17, 15) is 9.59 Å². The van der Waals surface area contributed by atoms with Crippen LogP contribution in [0.4, 0.5) is 5.69 Å². The molecule has 0 bridgehead atoms. The maximum Gasteiger partial charge on any atom is 0.260 e. The molecule has 0 N–H and O–H groups in total. The number of aryl methyl sites for hydroxylation is 1. The lowest BCUT2D eigenvalue weighted by molar-refractivity contribution is -0.135. The molecular weight excluding hydrogens is 490 g/mol. The van der Waals surface area contributed by atoms with E-state index >= 15 is 0 Å². The molecule has 39 heavy (non-hydrogen) atoms. The van der Waals surface area contributed by atoms with Crippen molar-refractivity contribution >= 4 is 17.5 Å². The van der Waals surface area contributed by atoms with Crippen LogP contribution in [0.3, 0.4) is 0 Å². The lowest BCUT2D eigenvalue weighted by Gasteiger charge is -2.35. The van der Waals surface area contributed by atoms with Crippen molar-refractivity contribution in [1.29, 1.82) is 0 Å². The average Bonchev–Trinajstić information content (AvgIpc) is 3.18. The first-order valence-corrected chi connectivity index (χ1v) is 13.8. The SMILES string of the molecule is Cn1ncc2c1Cc1ccccc1N(C(=O)c1ccc(OCC(=O)N3CCN(CCC(C)(C)C)CC3)cc1)C2. The Morgan fingerprint density at radius 3 is 2.38 bits per heavy atom. The van der Waals surface area contributed by atoms with Crippen LogP contribution in [0, 0.1) is 5.41 Å². The molecule has 0 spiro atoms. The molecule has 1 saturated heterocycles. The number of para-hydroxylation sites is 1. The summed E-state index contributed by atoms with van der Waals surface area (Å²) in [7, 11) is 1.94.